The molecule has 96 valence electrons. The average molecular weight is 235 g/mol. The molecular weight excluding hydrogens is 210 g/mol. The minimum absolute atomic E-state index is 0.134. The van der Waals surface area contributed by atoms with Crippen LogP contribution in [0.3, 0.4) is 0 Å². The second kappa shape index (κ2) is 8.10. The molecule has 0 saturated carbocycles. The van der Waals surface area contributed by atoms with E-state index in [1.807, 2.05) is 12.2 Å². The third kappa shape index (κ3) is 6.30. The quantitative estimate of drug-likeness (QED) is 0.702. The highest BCUT2D eigenvalue weighted by Gasteiger charge is 2.15. The number of unbranched alkanes of at least 4 members (excludes halogenated alkanes) is 1. The highest BCUT2D eigenvalue weighted by Crippen LogP contribution is 2.14. The van der Waals surface area contributed by atoms with E-state index in [2.05, 4.69) is 31.3 Å². The van der Waals surface area contributed by atoms with Gasteiger partial charge in [0.05, 0.1) is 0 Å². The van der Waals surface area contributed by atoms with E-state index in [1.165, 1.54) is 12.8 Å². The van der Waals surface area contributed by atoms with Crippen molar-refractivity contribution in [3.63, 3.8) is 0 Å². The Morgan fingerprint density at radius 3 is 2.47 bits per heavy atom. The lowest BCUT2D eigenvalue weighted by Gasteiger charge is -2.13. The zero-order valence-corrected chi connectivity index (χ0v) is 11.1. The first kappa shape index (κ1) is 14.0. The number of carbonyl (C=O) groups is 1. The van der Waals surface area contributed by atoms with Gasteiger partial charge in [-0.25, -0.2) is 0 Å². The molecular formula is C15H25NO. The Morgan fingerprint density at radius 1 is 1.24 bits per heavy atom. The van der Waals surface area contributed by atoms with Gasteiger partial charge < -0.3 is 5.32 Å². The molecule has 0 heterocycles. The zero-order valence-electron chi connectivity index (χ0n) is 11.1. The molecule has 2 heteroatoms. The van der Waals surface area contributed by atoms with Gasteiger partial charge in [-0.15, -0.1) is 0 Å². The predicted molar refractivity (Wildman–Crippen MR) is 72.7 cm³/mol. The third-order valence-electron chi connectivity index (χ3n) is 3.10. The van der Waals surface area contributed by atoms with Gasteiger partial charge in [0.2, 0.25) is 5.91 Å². The summed E-state index contributed by atoms with van der Waals surface area (Å²) in [7, 11) is 0. The predicted octanol–water partition coefficient (Wildman–Crippen LogP) is 3.45. The summed E-state index contributed by atoms with van der Waals surface area (Å²) in [5.74, 6) is 1.11. The normalized spacial score (nSPS) is 16.2. The Bertz CT molecular complexity index is 265. The molecule has 0 unspecified atom stereocenters. The van der Waals surface area contributed by atoms with E-state index >= 15 is 0 Å². The molecule has 1 amide bonds. The Morgan fingerprint density at radius 2 is 1.88 bits per heavy atom. The first-order valence-electron chi connectivity index (χ1n) is 6.79. The zero-order chi connectivity index (χ0) is 12.5. The Hall–Kier alpha value is -1.05. The van der Waals surface area contributed by atoms with Gasteiger partial charge in [-0.2, -0.15) is 0 Å². The fraction of sp³-hybridized carbons (Fsp3) is 0.667. The van der Waals surface area contributed by atoms with Crippen LogP contribution in [0, 0.1) is 11.8 Å². The molecule has 1 N–H and O–H groups in total. The van der Waals surface area contributed by atoms with Crippen LogP contribution in [0.5, 0.6) is 0 Å². The third-order valence-corrected chi connectivity index (χ3v) is 3.10. The number of hydrogen-bond donors (Lipinski definition) is 1. The molecule has 1 aliphatic rings. The van der Waals surface area contributed by atoms with E-state index in [4.69, 9.17) is 0 Å². The van der Waals surface area contributed by atoms with Crippen LogP contribution in [0.2, 0.25) is 0 Å². The van der Waals surface area contributed by atoms with Crippen molar-refractivity contribution in [2.24, 2.45) is 11.8 Å². The summed E-state index contributed by atoms with van der Waals surface area (Å²) in [5, 5.41) is 3.05. The number of allylic oxidation sites excluding steroid dienone is 4. The maximum absolute atomic E-state index is 11.9. The summed E-state index contributed by atoms with van der Waals surface area (Å²) in [5.41, 5.74) is 0. The Labute approximate surface area is 105 Å². The van der Waals surface area contributed by atoms with Crippen LogP contribution in [0.4, 0.5) is 0 Å². The van der Waals surface area contributed by atoms with Gasteiger partial charge in [-0.1, -0.05) is 51.0 Å². The number of amides is 1. The summed E-state index contributed by atoms with van der Waals surface area (Å²) >= 11 is 0. The van der Waals surface area contributed by atoms with Crippen molar-refractivity contribution in [3.8, 4) is 0 Å². The summed E-state index contributed by atoms with van der Waals surface area (Å²) in [6.07, 6.45) is 13.5. The molecule has 0 aliphatic heterocycles. The molecule has 1 rings (SSSR count). The van der Waals surface area contributed by atoms with E-state index in [9.17, 15) is 4.79 Å². The van der Waals surface area contributed by atoms with Crippen LogP contribution >= 0.6 is 0 Å². The maximum Gasteiger partial charge on any atom is 0.223 e. The maximum atomic E-state index is 11.9. The van der Waals surface area contributed by atoms with Crippen LogP contribution in [0.25, 0.3) is 0 Å². The molecule has 2 nitrogen and oxygen atoms in total. The van der Waals surface area contributed by atoms with Gasteiger partial charge in [-0.3, -0.25) is 4.79 Å². The monoisotopic (exact) mass is 235 g/mol. The van der Waals surface area contributed by atoms with Crippen molar-refractivity contribution in [1.82, 2.24) is 5.32 Å². The molecule has 1 aliphatic carbocycles. The molecule has 0 aromatic carbocycles. The Balaban J connectivity index is 2.12. The van der Waals surface area contributed by atoms with E-state index < -0.39 is 0 Å². The number of carbonyl (C=O) groups excluding carboxylic acids is 1. The molecule has 0 spiro atoms. The standard InChI is InChI=1S/C15H25NO/c1-13(2)9-7-8-12-16-15(17)14-10-5-3-4-6-11-14/h3-6,13-14H,7-12H2,1-2H3,(H,16,17). The lowest BCUT2D eigenvalue weighted by molar-refractivity contribution is -0.124. The highest BCUT2D eigenvalue weighted by atomic mass is 16.1. The van der Waals surface area contributed by atoms with Gasteiger partial charge in [0.1, 0.15) is 0 Å². The topological polar surface area (TPSA) is 29.1 Å². The number of rotatable bonds is 6. The van der Waals surface area contributed by atoms with Crippen molar-refractivity contribution in [2.45, 2.75) is 46.0 Å². The second-order valence-corrected chi connectivity index (χ2v) is 5.21. The van der Waals surface area contributed by atoms with Crippen molar-refractivity contribution in [1.29, 1.82) is 0 Å². The lowest BCUT2D eigenvalue weighted by Crippen LogP contribution is -2.31. The summed E-state index contributed by atoms with van der Waals surface area (Å²) in [6.45, 7) is 5.31. The number of hydrogen-bond acceptors (Lipinski definition) is 1. The molecule has 0 aromatic heterocycles. The fourth-order valence-corrected chi connectivity index (χ4v) is 1.99. The first-order chi connectivity index (χ1) is 8.20. The van der Waals surface area contributed by atoms with E-state index in [0.717, 1.165) is 31.7 Å². The summed E-state index contributed by atoms with van der Waals surface area (Å²) < 4.78 is 0. The molecule has 0 bridgehead atoms. The van der Waals surface area contributed by atoms with E-state index in [1.54, 1.807) is 0 Å². The van der Waals surface area contributed by atoms with Crippen LogP contribution in [0.15, 0.2) is 24.3 Å². The molecule has 0 aromatic rings. The average Bonchev–Trinajstić information content (AvgIpc) is 2.56. The van der Waals surface area contributed by atoms with Crippen molar-refractivity contribution >= 4 is 5.91 Å². The molecule has 0 atom stereocenters. The highest BCUT2D eigenvalue weighted by molar-refractivity contribution is 5.79. The van der Waals surface area contributed by atoms with Gasteiger partial charge >= 0.3 is 0 Å². The fourth-order valence-electron chi connectivity index (χ4n) is 1.99. The molecule has 0 fully saturated rings. The van der Waals surface area contributed by atoms with Gasteiger partial charge in [0, 0.05) is 12.5 Å². The summed E-state index contributed by atoms with van der Waals surface area (Å²) in [4.78, 5) is 11.9. The Kier molecular flexibility index (Phi) is 6.68. The van der Waals surface area contributed by atoms with Crippen LogP contribution < -0.4 is 5.32 Å². The smallest absolute Gasteiger partial charge is 0.223 e. The van der Waals surface area contributed by atoms with Crippen molar-refractivity contribution in [3.05, 3.63) is 24.3 Å². The van der Waals surface area contributed by atoms with Gasteiger partial charge in [0.25, 0.3) is 0 Å². The van der Waals surface area contributed by atoms with Crippen LogP contribution in [0.1, 0.15) is 46.0 Å². The van der Waals surface area contributed by atoms with Crippen molar-refractivity contribution in [2.75, 3.05) is 6.54 Å². The first-order valence-corrected chi connectivity index (χ1v) is 6.79. The largest absolute Gasteiger partial charge is 0.356 e. The molecule has 17 heavy (non-hydrogen) atoms. The number of nitrogens with one attached hydrogen (secondary N) is 1. The lowest BCUT2D eigenvalue weighted by atomic mass is 10.0. The summed E-state index contributed by atoms with van der Waals surface area (Å²) in [6, 6.07) is 0. The van der Waals surface area contributed by atoms with E-state index in [-0.39, 0.29) is 11.8 Å². The van der Waals surface area contributed by atoms with Gasteiger partial charge in [0.15, 0.2) is 0 Å². The molecule has 0 radical (unpaired) electrons. The minimum atomic E-state index is 0.134. The van der Waals surface area contributed by atoms with Gasteiger partial charge in [-0.05, 0) is 25.2 Å². The molecule has 0 saturated heterocycles. The van der Waals surface area contributed by atoms with Crippen molar-refractivity contribution < 1.29 is 4.79 Å². The van der Waals surface area contributed by atoms with Crippen LogP contribution in [-0.4, -0.2) is 12.5 Å². The van der Waals surface area contributed by atoms with E-state index in [0.29, 0.717) is 0 Å². The second-order valence-electron chi connectivity index (χ2n) is 5.21. The minimum Gasteiger partial charge on any atom is -0.356 e. The van der Waals surface area contributed by atoms with Crippen LogP contribution in [-0.2, 0) is 4.79 Å². The SMILES string of the molecule is CC(C)CCCCNC(=O)C1CC=CC=CC1.